The largest absolute Gasteiger partial charge is 0.330 e. The van der Waals surface area contributed by atoms with Gasteiger partial charge in [-0.3, -0.25) is 14.3 Å². The van der Waals surface area contributed by atoms with Gasteiger partial charge in [0.2, 0.25) is 5.91 Å². The number of carbonyl (C=O) groups excluding carboxylic acids is 2. The van der Waals surface area contributed by atoms with Gasteiger partial charge in [0.1, 0.15) is 9.23 Å². The molecule has 0 radical (unpaired) electrons. The van der Waals surface area contributed by atoms with E-state index in [0.717, 1.165) is 43.4 Å². The molecule has 0 atom stereocenters. The molecule has 1 N–H and O–H groups in total. The van der Waals surface area contributed by atoms with Crippen LogP contribution in [0.15, 0.2) is 17.2 Å². The quantitative estimate of drug-likeness (QED) is 0.652. The summed E-state index contributed by atoms with van der Waals surface area (Å²) in [4.78, 5) is 27.4. The van der Waals surface area contributed by atoms with Gasteiger partial charge in [0.15, 0.2) is 0 Å². The average Bonchev–Trinajstić information content (AvgIpc) is 3.50. The van der Waals surface area contributed by atoms with E-state index in [-0.39, 0.29) is 29.2 Å². The van der Waals surface area contributed by atoms with Gasteiger partial charge < -0.3 is 4.90 Å². The molecule has 32 heavy (non-hydrogen) atoms. The lowest BCUT2D eigenvalue weighted by molar-refractivity contribution is -0.121. The number of aromatic nitrogens is 2. The summed E-state index contributed by atoms with van der Waals surface area (Å²) >= 11 is 13.0. The molecule has 2 aromatic heterocycles. The number of hydrogen-bond donors (Lipinski definition) is 1. The Morgan fingerprint density at radius 2 is 2.00 bits per heavy atom. The summed E-state index contributed by atoms with van der Waals surface area (Å²) in [5, 5.41) is 4.47. The van der Waals surface area contributed by atoms with Crippen molar-refractivity contribution in [2.24, 2.45) is 11.3 Å². The Kier molecular flexibility index (Phi) is 5.55. The van der Waals surface area contributed by atoms with Gasteiger partial charge in [-0.05, 0) is 49.5 Å². The zero-order valence-corrected chi connectivity index (χ0v) is 20.3. The van der Waals surface area contributed by atoms with E-state index in [1.54, 1.807) is 4.68 Å². The van der Waals surface area contributed by atoms with E-state index < -0.39 is 15.9 Å². The number of sulfonamides is 1. The van der Waals surface area contributed by atoms with Crippen molar-refractivity contribution in [3.63, 3.8) is 0 Å². The molecule has 3 aliphatic rings. The fourth-order valence-electron chi connectivity index (χ4n) is 5.37. The molecule has 12 heteroatoms. The maximum atomic E-state index is 13.0. The van der Waals surface area contributed by atoms with Gasteiger partial charge in [-0.15, -0.1) is 11.3 Å². The maximum absolute atomic E-state index is 13.0. The van der Waals surface area contributed by atoms with Crippen LogP contribution in [0.1, 0.15) is 53.9 Å². The zero-order chi connectivity index (χ0) is 22.7. The smallest absolute Gasteiger partial charge is 0.267 e. The highest BCUT2D eigenvalue weighted by Gasteiger charge is 2.46. The number of fused-ring (bicyclic) bond motifs is 3. The van der Waals surface area contributed by atoms with E-state index in [4.69, 9.17) is 23.2 Å². The van der Waals surface area contributed by atoms with Gasteiger partial charge in [0.25, 0.3) is 15.9 Å². The van der Waals surface area contributed by atoms with E-state index in [2.05, 4.69) is 9.82 Å². The first-order valence-corrected chi connectivity index (χ1v) is 13.6. The summed E-state index contributed by atoms with van der Waals surface area (Å²) in [6.07, 6.45) is 6.72. The lowest BCUT2D eigenvalue weighted by atomic mass is 9.81. The van der Waals surface area contributed by atoms with E-state index in [1.165, 1.54) is 17.2 Å². The summed E-state index contributed by atoms with van der Waals surface area (Å²) in [6.45, 7) is 0.778. The molecule has 2 saturated carbocycles. The minimum atomic E-state index is -4.10. The molecule has 172 valence electrons. The third kappa shape index (κ3) is 3.95. The van der Waals surface area contributed by atoms with Gasteiger partial charge in [0, 0.05) is 13.0 Å². The molecule has 0 unspecified atom stereocenters. The predicted octanol–water partition coefficient (Wildman–Crippen LogP) is 3.68. The summed E-state index contributed by atoms with van der Waals surface area (Å²) in [5.74, 6) is -0.0717. The van der Waals surface area contributed by atoms with E-state index >= 15 is 0 Å². The van der Waals surface area contributed by atoms with Crippen molar-refractivity contribution in [2.75, 3.05) is 6.54 Å². The Morgan fingerprint density at radius 3 is 2.62 bits per heavy atom. The van der Waals surface area contributed by atoms with Crippen molar-refractivity contribution in [1.82, 2.24) is 19.4 Å². The predicted molar refractivity (Wildman–Crippen MR) is 120 cm³/mol. The van der Waals surface area contributed by atoms with Gasteiger partial charge in [-0.1, -0.05) is 23.2 Å². The van der Waals surface area contributed by atoms with Crippen LogP contribution in [0, 0.1) is 11.3 Å². The van der Waals surface area contributed by atoms with Crippen molar-refractivity contribution in [3.8, 4) is 0 Å². The highest BCUT2D eigenvalue weighted by atomic mass is 35.5. The molecule has 0 aromatic carbocycles. The molecule has 5 rings (SSSR count). The highest BCUT2D eigenvalue weighted by Crippen LogP contribution is 2.56. The molecule has 2 aliphatic carbocycles. The van der Waals surface area contributed by atoms with Gasteiger partial charge >= 0.3 is 0 Å². The molecule has 0 saturated heterocycles. The minimum absolute atomic E-state index is 0.0464. The Bertz CT molecular complexity index is 1180. The van der Waals surface area contributed by atoms with Crippen molar-refractivity contribution >= 4 is 56.4 Å². The number of thiophene rings is 1. The molecule has 2 fully saturated rings. The fourth-order valence-corrected chi connectivity index (χ4v) is 7.85. The number of hydrogen-bond acceptors (Lipinski definition) is 6. The average molecular weight is 517 g/mol. The third-order valence-electron chi connectivity index (χ3n) is 6.94. The van der Waals surface area contributed by atoms with Crippen LogP contribution in [0.3, 0.4) is 0 Å². The molecular weight excluding hydrogens is 495 g/mol. The Hall–Kier alpha value is -1.62. The van der Waals surface area contributed by atoms with Crippen LogP contribution in [-0.4, -0.2) is 41.5 Å². The van der Waals surface area contributed by atoms with Crippen LogP contribution in [0.4, 0.5) is 0 Å². The molecular formula is C20H22Cl2N4O4S2. The SMILES string of the molecule is O=C(CC12CCC(CC1)C2)NS(=O)(=O)c1cnn2c1CN(C(=O)c1cc(Cl)c(Cl)s1)CC2. The summed E-state index contributed by atoms with van der Waals surface area (Å²) < 4.78 is 30.2. The Labute approximate surface area is 199 Å². The summed E-state index contributed by atoms with van der Waals surface area (Å²) in [5.41, 5.74) is 0.327. The van der Waals surface area contributed by atoms with Gasteiger partial charge in [-0.2, -0.15) is 5.10 Å². The second-order valence-electron chi connectivity index (χ2n) is 8.99. The second-order valence-corrected chi connectivity index (χ2v) is 12.7. The van der Waals surface area contributed by atoms with Crippen LogP contribution in [0.5, 0.6) is 0 Å². The van der Waals surface area contributed by atoms with E-state index in [9.17, 15) is 18.0 Å². The number of rotatable bonds is 5. The summed E-state index contributed by atoms with van der Waals surface area (Å²) in [7, 11) is -4.10. The van der Waals surface area contributed by atoms with Gasteiger partial charge in [-0.25, -0.2) is 13.1 Å². The van der Waals surface area contributed by atoms with Crippen molar-refractivity contribution in [2.45, 2.75) is 56.5 Å². The van der Waals surface area contributed by atoms with Crippen molar-refractivity contribution in [3.05, 3.63) is 32.2 Å². The highest BCUT2D eigenvalue weighted by molar-refractivity contribution is 7.90. The Morgan fingerprint density at radius 1 is 1.25 bits per heavy atom. The first-order valence-electron chi connectivity index (χ1n) is 10.5. The number of carbonyl (C=O) groups is 2. The van der Waals surface area contributed by atoms with Crippen LogP contribution in [-0.2, 0) is 27.9 Å². The van der Waals surface area contributed by atoms with Crippen LogP contribution in [0.2, 0.25) is 9.36 Å². The molecule has 3 heterocycles. The first kappa shape index (κ1) is 22.2. The second kappa shape index (κ2) is 8.00. The number of halogens is 2. The molecule has 2 aromatic rings. The monoisotopic (exact) mass is 516 g/mol. The van der Waals surface area contributed by atoms with Crippen LogP contribution >= 0.6 is 34.5 Å². The van der Waals surface area contributed by atoms with Crippen LogP contribution in [0.25, 0.3) is 0 Å². The third-order valence-corrected chi connectivity index (χ3v) is 10.2. The molecule has 2 amide bonds. The number of nitrogens with zero attached hydrogens (tertiary/aromatic N) is 3. The topological polar surface area (TPSA) is 101 Å². The fraction of sp³-hybridized carbons (Fsp3) is 0.550. The molecule has 1 aliphatic heterocycles. The first-order chi connectivity index (χ1) is 15.2. The number of amides is 2. The molecule has 0 spiro atoms. The standard InChI is InChI=1S/C20H22Cl2N4O4S2/c21-13-7-15(31-18(13)22)19(28)25-5-6-26-14(11-25)16(10-23-26)32(29,30)24-17(27)9-20-3-1-12(8-20)2-4-20/h7,10,12H,1-6,8-9,11H2,(H,24,27). The Balaban J connectivity index is 1.32. The molecule has 2 bridgehead atoms. The summed E-state index contributed by atoms with van der Waals surface area (Å²) in [6, 6.07) is 1.51. The van der Waals surface area contributed by atoms with Gasteiger partial charge in [0.05, 0.1) is 34.9 Å². The van der Waals surface area contributed by atoms with Crippen molar-refractivity contribution in [1.29, 1.82) is 0 Å². The molecule has 8 nitrogen and oxygen atoms in total. The maximum Gasteiger partial charge on any atom is 0.267 e. The van der Waals surface area contributed by atoms with E-state index in [0.29, 0.717) is 38.9 Å². The number of nitrogens with one attached hydrogen (secondary N) is 1. The minimum Gasteiger partial charge on any atom is -0.330 e. The van der Waals surface area contributed by atoms with Crippen LogP contribution < -0.4 is 4.72 Å². The van der Waals surface area contributed by atoms with Crippen molar-refractivity contribution < 1.29 is 18.0 Å². The lowest BCUT2D eigenvalue weighted by Crippen LogP contribution is -2.39. The van der Waals surface area contributed by atoms with E-state index in [1.807, 2.05) is 0 Å². The zero-order valence-electron chi connectivity index (χ0n) is 17.1. The lowest BCUT2D eigenvalue weighted by Gasteiger charge is -2.28. The normalized spacial score (nSPS) is 24.6.